The Bertz CT molecular complexity index is 726. The number of hydrogen-bond donors (Lipinski definition) is 1. The van der Waals surface area contributed by atoms with Gasteiger partial charge in [0.15, 0.2) is 5.82 Å². The van der Waals surface area contributed by atoms with Gasteiger partial charge in [-0.3, -0.25) is 14.4 Å². The summed E-state index contributed by atoms with van der Waals surface area (Å²) in [6, 6.07) is 7.83. The van der Waals surface area contributed by atoms with Crippen molar-refractivity contribution < 1.29 is 9.53 Å². The van der Waals surface area contributed by atoms with Crippen LogP contribution in [0.5, 0.6) is 5.75 Å². The van der Waals surface area contributed by atoms with Crippen LogP contribution in [0.25, 0.3) is 0 Å². The molecule has 1 amide bonds. The molecular formula is C18H24N4O2. The summed E-state index contributed by atoms with van der Waals surface area (Å²) < 4.78 is 7.08. The highest BCUT2D eigenvalue weighted by molar-refractivity contribution is 5.97. The van der Waals surface area contributed by atoms with Crippen molar-refractivity contribution in [2.75, 3.05) is 18.6 Å². The Hall–Kier alpha value is -2.34. The zero-order valence-corrected chi connectivity index (χ0v) is 14.5. The fourth-order valence-corrected chi connectivity index (χ4v) is 3.05. The van der Waals surface area contributed by atoms with E-state index in [0.29, 0.717) is 6.54 Å². The number of rotatable bonds is 5. The van der Waals surface area contributed by atoms with E-state index in [4.69, 9.17) is 4.74 Å². The van der Waals surface area contributed by atoms with Gasteiger partial charge in [0, 0.05) is 32.4 Å². The average molecular weight is 328 g/mol. The zero-order valence-electron chi connectivity index (χ0n) is 14.5. The number of methoxy groups -OCH3 is 1. The molecule has 1 saturated heterocycles. The van der Waals surface area contributed by atoms with Gasteiger partial charge >= 0.3 is 0 Å². The molecule has 2 heterocycles. The Morgan fingerprint density at radius 3 is 2.92 bits per heavy atom. The third-order valence-electron chi connectivity index (χ3n) is 4.44. The summed E-state index contributed by atoms with van der Waals surface area (Å²) >= 11 is 0. The normalized spacial score (nSPS) is 18.0. The lowest BCUT2D eigenvalue weighted by Gasteiger charge is -2.31. The van der Waals surface area contributed by atoms with E-state index in [2.05, 4.69) is 16.5 Å². The van der Waals surface area contributed by atoms with Crippen molar-refractivity contribution in [1.29, 1.82) is 0 Å². The first-order valence-electron chi connectivity index (χ1n) is 8.26. The molecule has 6 heteroatoms. The van der Waals surface area contributed by atoms with Gasteiger partial charge in [-0.1, -0.05) is 12.1 Å². The predicted molar refractivity (Wildman–Crippen MR) is 93.2 cm³/mol. The molecule has 1 aliphatic rings. The highest BCUT2D eigenvalue weighted by atomic mass is 16.5. The smallest absolute Gasteiger partial charge is 0.245 e. The summed E-state index contributed by atoms with van der Waals surface area (Å²) in [6.07, 6.45) is 3.68. The van der Waals surface area contributed by atoms with E-state index in [-0.39, 0.29) is 11.9 Å². The molecule has 6 nitrogen and oxygen atoms in total. The number of benzene rings is 1. The van der Waals surface area contributed by atoms with Gasteiger partial charge in [-0.15, -0.1) is 0 Å². The second-order valence-electron chi connectivity index (χ2n) is 6.22. The number of anilines is 1. The standard InChI is InChI=1S/C18H24N4O2/c1-13-6-7-14(11-16(13)24-3)12-19-15-5-4-9-22(18(15)23)17-8-10-21(2)20-17/h6-8,10-11,15,19H,4-5,9,12H2,1-3H3. The molecule has 3 rings (SSSR count). The van der Waals surface area contributed by atoms with Gasteiger partial charge < -0.3 is 10.1 Å². The molecule has 1 unspecified atom stereocenters. The minimum atomic E-state index is -0.173. The molecule has 24 heavy (non-hydrogen) atoms. The minimum absolute atomic E-state index is 0.0963. The second kappa shape index (κ2) is 7.05. The molecule has 128 valence electrons. The Labute approximate surface area is 142 Å². The molecule has 1 aromatic heterocycles. The molecule has 0 radical (unpaired) electrons. The fourth-order valence-electron chi connectivity index (χ4n) is 3.05. The lowest BCUT2D eigenvalue weighted by atomic mass is 10.0. The summed E-state index contributed by atoms with van der Waals surface area (Å²) in [5, 5.41) is 7.73. The van der Waals surface area contributed by atoms with Gasteiger partial charge in [-0.05, 0) is 37.0 Å². The molecule has 0 bridgehead atoms. The van der Waals surface area contributed by atoms with E-state index >= 15 is 0 Å². The maximum absolute atomic E-state index is 12.7. The van der Waals surface area contributed by atoms with Gasteiger partial charge in [-0.25, -0.2) is 0 Å². The number of carbonyl (C=O) groups is 1. The van der Waals surface area contributed by atoms with Crippen LogP contribution in [-0.4, -0.2) is 35.4 Å². The lowest BCUT2D eigenvalue weighted by Crippen LogP contribution is -2.50. The van der Waals surface area contributed by atoms with Gasteiger partial charge in [0.1, 0.15) is 5.75 Å². The molecule has 1 aliphatic heterocycles. The van der Waals surface area contributed by atoms with E-state index in [1.54, 1.807) is 16.7 Å². The molecule has 1 aromatic carbocycles. The quantitative estimate of drug-likeness (QED) is 0.912. The van der Waals surface area contributed by atoms with Gasteiger partial charge in [0.05, 0.1) is 13.2 Å². The number of ether oxygens (including phenoxy) is 1. The van der Waals surface area contributed by atoms with Gasteiger partial charge in [0.25, 0.3) is 0 Å². The van der Waals surface area contributed by atoms with Crippen molar-refractivity contribution in [2.24, 2.45) is 7.05 Å². The Kier molecular flexibility index (Phi) is 4.85. The lowest BCUT2D eigenvalue weighted by molar-refractivity contribution is -0.121. The number of carbonyl (C=O) groups excluding carboxylic acids is 1. The summed E-state index contributed by atoms with van der Waals surface area (Å²) in [7, 11) is 3.54. The SMILES string of the molecule is COc1cc(CNC2CCCN(c3ccn(C)n3)C2=O)ccc1C. The summed E-state index contributed by atoms with van der Waals surface area (Å²) in [6.45, 7) is 3.39. The van der Waals surface area contributed by atoms with Crippen molar-refractivity contribution in [3.05, 3.63) is 41.6 Å². The van der Waals surface area contributed by atoms with E-state index in [9.17, 15) is 4.79 Å². The van der Waals surface area contributed by atoms with E-state index in [1.807, 2.05) is 38.4 Å². The maximum Gasteiger partial charge on any atom is 0.245 e. The topological polar surface area (TPSA) is 59.4 Å². The molecule has 0 spiro atoms. The third-order valence-corrected chi connectivity index (χ3v) is 4.44. The van der Waals surface area contributed by atoms with E-state index < -0.39 is 0 Å². The number of aryl methyl sites for hydroxylation is 2. The van der Waals surface area contributed by atoms with Crippen molar-refractivity contribution in [3.8, 4) is 5.75 Å². The minimum Gasteiger partial charge on any atom is -0.496 e. The second-order valence-corrected chi connectivity index (χ2v) is 6.22. The van der Waals surface area contributed by atoms with Crippen LogP contribution in [0, 0.1) is 6.92 Å². The van der Waals surface area contributed by atoms with Crippen molar-refractivity contribution in [2.45, 2.75) is 32.4 Å². The van der Waals surface area contributed by atoms with E-state index in [0.717, 1.165) is 42.1 Å². The van der Waals surface area contributed by atoms with Crippen LogP contribution in [-0.2, 0) is 18.4 Å². The van der Waals surface area contributed by atoms with Crippen LogP contribution < -0.4 is 15.0 Å². The first-order chi connectivity index (χ1) is 11.6. The molecule has 0 aliphatic carbocycles. The Balaban J connectivity index is 1.65. The fraction of sp³-hybridized carbons (Fsp3) is 0.444. The average Bonchev–Trinajstić information content (AvgIpc) is 3.01. The summed E-state index contributed by atoms with van der Waals surface area (Å²) in [5.74, 6) is 1.70. The Morgan fingerprint density at radius 2 is 2.21 bits per heavy atom. The van der Waals surface area contributed by atoms with Crippen LogP contribution in [0.1, 0.15) is 24.0 Å². The van der Waals surface area contributed by atoms with Gasteiger partial charge in [-0.2, -0.15) is 5.10 Å². The largest absolute Gasteiger partial charge is 0.496 e. The predicted octanol–water partition coefficient (Wildman–Crippen LogP) is 2.02. The molecule has 1 fully saturated rings. The molecule has 0 saturated carbocycles. The summed E-state index contributed by atoms with van der Waals surface area (Å²) in [5.41, 5.74) is 2.22. The van der Waals surface area contributed by atoms with Crippen molar-refractivity contribution >= 4 is 11.7 Å². The van der Waals surface area contributed by atoms with E-state index in [1.165, 1.54) is 0 Å². The maximum atomic E-state index is 12.7. The monoisotopic (exact) mass is 328 g/mol. The van der Waals surface area contributed by atoms with Crippen LogP contribution in [0.2, 0.25) is 0 Å². The molecule has 2 aromatic rings. The highest BCUT2D eigenvalue weighted by Gasteiger charge is 2.30. The van der Waals surface area contributed by atoms with Crippen LogP contribution in [0.15, 0.2) is 30.5 Å². The van der Waals surface area contributed by atoms with Crippen LogP contribution >= 0.6 is 0 Å². The number of aromatic nitrogens is 2. The summed E-state index contributed by atoms with van der Waals surface area (Å²) in [4.78, 5) is 14.5. The number of nitrogens with one attached hydrogen (secondary N) is 1. The number of piperidine rings is 1. The first kappa shape index (κ1) is 16.5. The third kappa shape index (κ3) is 3.43. The van der Waals surface area contributed by atoms with Crippen LogP contribution in [0.4, 0.5) is 5.82 Å². The van der Waals surface area contributed by atoms with Crippen molar-refractivity contribution in [1.82, 2.24) is 15.1 Å². The molecule has 1 N–H and O–H groups in total. The first-order valence-corrected chi connectivity index (χ1v) is 8.26. The number of amides is 1. The number of nitrogens with zero attached hydrogens (tertiary/aromatic N) is 3. The number of hydrogen-bond acceptors (Lipinski definition) is 4. The van der Waals surface area contributed by atoms with Crippen LogP contribution in [0.3, 0.4) is 0 Å². The zero-order chi connectivity index (χ0) is 17.1. The Morgan fingerprint density at radius 1 is 1.38 bits per heavy atom. The van der Waals surface area contributed by atoms with Gasteiger partial charge in [0.2, 0.25) is 5.91 Å². The molecule has 1 atom stereocenters. The van der Waals surface area contributed by atoms with Crippen molar-refractivity contribution in [3.63, 3.8) is 0 Å². The molecular weight excluding hydrogens is 304 g/mol. The highest BCUT2D eigenvalue weighted by Crippen LogP contribution is 2.21.